The summed E-state index contributed by atoms with van der Waals surface area (Å²) in [6.45, 7) is 3.05. The highest BCUT2D eigenvalue weighted by Crippen LogP contribution is 2.47. The van der Waals surface area contributed by atoms with Crippen molar-refractivity contribution in [1.29, 1.82) is 0 Å². The Balaban J connectivity index is 1.66. The predicted molar refractivity (Wildman–Crippen MR) is 73.5 cm³/mol. The largest absolute Gasteiger partial charge is 0.321 e. The first-order valence-electron chi connectivity index (χ1n) is 7.33. The minimum absolute atomic E-state index is 0.0931. The zero-order valence-electron chi connectivity index (χ0n) is 11.4. The number of rotatable bonds is 3. The van der Waals surface area contributed by atoms with Crippen LogP contribution in [0.1, 0.15) is 43.0 Å². The molecule has 3 nitrogen and oxygen atoms in total. The van der Waals surface area contributed by atoms with Crippen LogP contribution in [0.5, 0.6) is 0 Å². The summed E-state index contributed by atoms with van der Waals surface area (Å²) in [7, 11) is 0. The van der Waals surface area contributed by atoms with Crippen LogP contribution in [0.25, 0.3) is 0 Å². The highest BCUT2D eigenvalue weighted by molar-refractivity contribution is 5.92. The normalized spacial score (nSPS) is 28.2. The van der Waals surface area contributed by atoms with Crippen molar-refractivity contribution in [2.24, 2.45) is 5.92 Å². The van der Waals surface area contributed by atoms with Gasteiger partial charge in [-0.15, -0.1) is 0 Å². The van der Waals surface area contributed by atoms with E-state index in [2.05, 4.69) is 41.4 Å². The highest BCUT2D eigenvalue weighted by Gasteiger charge is 2.59. The number of aryl methyl sites for hydroxylation is 1. The lowest BCUT2D eigenvalue weighted by atomic mass is 10.1. The molecule has 3 aliphatic rings. The molecule has 1 amide bonds. The number of carbonyl (C=O) groups is 1. The van der Waals surface area contributed by atoms with Gasteiger partial charge in [-0.1, -0.05) is 29.8 Å². The van der Waals surface area contributed by atoms with Gasteiger partial charge in [-0.2, -0.15) is 0 Å². The van der Waals surface area contributed by atoms with Crippen LogP contribution < -0.4 is 5.32 Å². The highest BCUT2D eigenvalue weighted by atomic mass is 16.2. The van der Waals surface area contributed by atoms with E-state index in [0.717, 1.165) is 25.3 Å². The Kier molecular flexibility index (Phi) is 2.31. The van der Waals surface area contributed by atoms with Crippen molar-refractivity contribution in [3.05, 3.63) is 35.4 Å². The molecular weight excluding hydrogens is 236 g/mol. The molecule has 1 aliphatic heterocycles. The minimum atomic E-state index is -0.205. The van der Waals surface area contributed by atoms with Gasteiger partial charge in [-0.25, -0.2) is 0 Å². The molecule has 2 aliphatic carbocycles. The molecule has 0 aromatic heterocycles. The van der Waals surface area contributed by atoms with Gasteiger partial charge in [0.05, 0.1) is 0 Å². The zero-order valence-corrected chi connectivity index (χ0v) is 11.4. The molecule has 19 heavy (non-hydrogen) atoms. The average Bonchev–Trinajstić information content (AvgIpc) is 3.28. The summed E-state index contributed by atoms with van der Waals surface area (Å²) >= 11 is 0. The first kappa shape index (κ1) is 11.5. The SMILES string of the molecule is Cc1cccc(C2NC3(CC3)C(=O)N2CC2CC2)c1. The van der Waals surface area contributed by atoms with Crippen molar-refractivity contribution in [3.8, 4) is 0 Å². The van der Waals surface area contributed by atoms with E-state index in [1.807, 2.05) is 0 Å². The van der Waals surface area contributed by atoms with Crippen LogP contribution in [0.15, 0.2) is 24.3 Å². The first-order chi connectivity index (χ1) is 9.18. The second kappa shape index (κ2) is 3.83. The number of benzene rings is 1. The van der Waals surface area contributed by atoms with Crippen LogP contribution in [0, 0.1) is 12.8 Å². The molecule has 1 aromatic rings. The molecule has 1 heterocycles. The van der Waals surface area contributed by atoms with E-state index in [4.69, 9.17) is 0 Å². The third-order valence-corrected chi connectivity index (χ3v) is 4.65. The average molecular weight is 256 g/mol. The summed E-state index contributed by atoms with van der Waals surface area (Å²) in [5.74, 6) is 1.08. The summed E-state index contributed by atoms with van der Waals surface area (Å²) in [5, 5.41) is 3.59. The summed E-state index contributed by atoms with van der Waals surface area (Å²) in [5.41, 5.74) is 2.29. The van der Waals surface area contributed by atoms with E-state index >= 15 is 0 Å². The van der Waals surface area contributed by atoms with Crippen LogP contribution in [0.2, 0.25) is 0 Å². The Labute approximate surface area is 114 Å². The van der Waals surface area contributed by atoms with Crippen molar-refractivity contribution >= 4 is 5.91 Å². The van der Waals surface area contributed by atoms with Crippen molar-refractivity contribution in [2.75, 3.05) is 6.54 Å². The van der Waals surface area contributed by atoms with E-state index in [-0.39, 0.29) is 11.7 Å². The van der Waals surface area contributed by atoms with Crippen LogP contribution >= 0.6 is 0 Å². The fourth-order valence-corrected chi connectivity index (χ4v) is 3.15. The Bertz CT molecular complexity index is 531. The molecule has 4 rings (SSSR count). The van der Waals surface area contributed by atoms with E-state index < -0.39 is 0 Å². The van der Waals surface area contributed by atoms with Crippen molar-refractivity contribution in [3.63, 3.8) is 0 Å². The quantitative estimate of drug-likeness (QED) is 0.900. The van der Waals surface area contributed by atoms with Gasteiger partial charge in [0, 0.05) is 6.54 Å². The van der Waals surface area contributed by atoms with E-state index in [1.54, 1.807) is 0 Å². The number of hydrogen-bond acceptors (Lipinski definition) is 2. The lowest BCUT2D eigenvalue weighted by Gasteiger charge is -2.24. The number of carbonyl (C=O) groups excluding carboxylic acids is 1. The Morgan fingerprint density at radius 3 is 2.79 bits per heavy atom. The van der Waals surface area contributed by atoms with Gasteiger partial charge in [-0.3, -0.25) is 10.1 Å². The monoisotopic (exact) mass is 256 g/mol. The predicted octanol–water partition coefficient (Wildman–Crippen LogP) is 2.37. The fourth-order valence-electron chi connectivity index (χ4n) is 3.15. The van der Waals surface area contributed by atoms with Crippen LogP contribution in [-0.2, 0) is 4.79 Å². The van der Waals surface area contributed by atoms with Gasteiger partial charge in [0.25, 0.3) is 0 Å². The first-order valence-corrected chi connectivity index (χ1v) is 7.33. The lowest BCUT2D eigenvalue weighted by Crippen LogP contribution is -2.33. The summed E-state index contributed by atoms with van der Waals surface area (Å²) < 4.78 is 0. The molecule has 2 saturated carbocycles. The van der Waals surface area contributed by atoms with Crippen molar-refractivity contribution < 1.29 is 4.79 Å². The van der Waals surface area contributed by atoms with Crippen LogP contribution in [-0.4, -0.2) is 22.9 Å². The number of amides is 1. The van der Waals surface area contributed by atoms with Crippen LogP contribution in [0.3, 0.4) is 0 Å². The molecule has 1 saturated heterocycles. The zero-order chi connectivity index (χ0) is 13.0. The van der Waals surface area contributed by atoms with Gasteiger partial charge in [0.2, 0.25) is 5.91 Å². The smallest absolute Gasteiger partial charge is 0.244 e. The molecule has 1 aromatic carbocycles. The third-order valence-electron chi connectivity index (χ3n) is 4.65. The van der Waals surface area contributed by atoms with E-state index in [1.165, 1.54) is 24.0 Å². The minimum Gasteiger partial charge on any atom is -0.321 e. The molecule has 0 radical (unpaired) electrons. The van der Waals surface area contributed by atoms with Crippen molar-refractivity contribution in [1.82, 2.24) is 10.2 Å². The third kappa shape index (κ3) is 1.88. The molecule has 0 bridgehead atoms. The summed E-state index contributed by atoms with van der Waals surface area (Å²) in [6, 6.07) is 8.54. The maximum absolute atomic E-state index is 12.6. The maximum atomic E-state index is 12.6. The summed E-state index contributed by atoms with van der Waals surface area (Å²) in [6.07, 6.45) is 4.69. The van der Waals surface area contributed by atoms with Gasteiger partial charge in [0.15, 0.2) is 0 Å². The standard InChI is InChI=1S/C16H20N2O/c1-11-3-2-4-13(9-11)14-17-16(7-8-16)15(19)18(14)10-12-5-6-12/h2-4,9,12,14,17H,5-8,10H2,1H3. The summed E-state index contributed by atoms with van der Waals surface area (Å²) in [4.78, 5) is 14.7. The second-order valence-corrected chi connectivity index (χ2v) is 6.44. The molecule has 1 N–H and O–H groups in total. The second-order valence-electron chi connectivity index (χ2n) is 6.44. The van der Waals surface area contributed by atoms with Gasteiger partial charge >= 0.3 is 0 Å². The maximum Gasteiger partial charge on any atom is 0.244 e. The Morgan fingerprint density at radius 1 is 1.37 bits per heavy atom. The van der Waals surface area contributed by atoms with E-state index in [0.29, 0.717) is 5.91 Å². The molecule has 1 spiro atoms. The fraction of sp³-hybridized carbons (Fsp3) is 0.562. The van der Waals surface area contributed by atoms with Gasteiger partial charge < -0.3 is 4.90 Å². The Morgan fingerprint density at radius 2 is 2.16 bits per heavy atom. The molecule has 100 valence electrons. The van der Waals surface area contributed by atoms with Gasteiger partial charge in [0.1, 0.15) is 11.7 Å². The molecule has 1 atom stereocenters. The van der Waals surface area contributed by atoms with Crippen molar-refractivity contribution in [2.45, 2.75) is 44.3 Å². The van der Waals surface area contributed by atoms with Gasteiger partial charge in [-0.05, 0) is 44.1 Å². The van der Waals surface area contributed by atoms with E-state index in [9.17, 15) is 4.79 Å². The van der Waals surface area contributed by atoms with Crippen LogP contribution in [0.4, 0.5) is 0 Å². The number of nitrogens with zero attached hydrogens (tertiary/aromatic N) is 1. The number of hydrogen-bond donors (Lipinski definition) is 1. The molecule has 1 unspecified atom stereocenters. The molecular formula is C16H20N2O. The molecule has 3 heteroatoms. The Hall–Kier alpha value is -1.35. The lowest BCUT2D eigenvalue weighted by molar-refractivity contribution is -0.131. The number of nitrogens with one attached hydrogen (secondary N) is 1. The molecule has 3 fully saturated rings. The topological polar surface area (TPSA) is 32.3 Å².